The van der Waals surface area contributed by atoms with Gasteiger partial charge in [-0.2, -0.15) is 8.42 Å². The molecule has 0 radical (unpaired) electrons. The first kappa shape index (κ1) is 24.4. The third-order valence-corrected chi connectivity index (χ3v) is 6.31. The molecule has 1 unspecified atom stereocenters. The van der Waals surface area contributed by atoms with Crippen molar-refractivity contribution < 1.29 is 26.9 Å². The fourth-order valence-electron chi connectivity index (χ4n) is 3.38. The molecule has 0 spiro atoms. The number of anilines is 2. The normalized spacial score (nSPS) is 12.2. The minimum Gasteiger partial charge on any atom is -0.465 e. The Bertz CT molecular complexity index is 1410. The Morgan fingerprint density at radius 3 is 2.49 bits per heavy atom. The first-order valence-corrected chi connectivity index (χ1v) is 12.7. The Morgan fingerprint density at radius 1 is 1.17 bits per heavy atom. The second-order valence-corrected chi connectivity index (χ2v) is 9.78. The molecule has 35 heavy (non-hydrogen) atoms. The van der Waals surface area contributed by atoms with Gasteiger partial charge in [0.2, 0.25) is 0 Å². The van der Waals surface area contributed by atoms with Crippen molar-refractivity contribution in [1.82, 2.24) is 9.97 Å². The van der Waals surface area contributed by atoms with Crippen molar-refractivity contribution >= 4 is 39.3 Å². The van der Waals surface area contributed by atoms with E-state index >= 15 is 0 Å². The summed E-state index contributed by atoms with van der Waals surface area (Å²) < 4.78 is 43.6. The first-order chi connectivity index (χ1) is 16.7. The highest BCUT2D eigenvalue weighted by molar-refractivity contribution is 7.87. The first-order valence-electron chi connectivity index (χ1n) is 10.4. The number of nitrogens with one attached hydrogen (secondary N) is 2. The lowest BCUT2D eigenvalue weighted by molar-refractivity contribution is 0.0600. The molecule has 0 aliphatic carbocycles. The smallest absolute Gasteiger partial charge is 0.357 e. The second-order valence-electron chi connectivity index (χ2n) is 7.57. The summed E-state index contributed by atoms with van der Waals surface area (Å²) in [6.07, 6.45) is 2.11. The van der Waals surface area contributed by atoms with Crippen LogP contribution in [0.3, 0.4) is 0 Å². The van der Waals surface area contributed by atoms with E-state index in [9.17, 15) is 13.2 Å². The Kier molecular flexibility index (Phi) is 7.15. The number of methoxy groups -OCH3 is 1. The maximum Gasteiger partial charge on any atom is 0.357 e. The zero-order valence-corrected chi connectivity index (χ0v) is 20.4. The van der Waals surface area contributed by atoms with E-state index in [1.807, 2.05) is 17.0 Å². The largest absolute Gasteiger partial charge is 0.465 e. The van der Waals surface area contributed by atoms with Gasteiger partial charge in [0.15, 0.2) is 5.76 Å². The van der Waals surface area contributed by atoms with Crippen molar-refractivity contribution in [1.29, 1.82) is 0 Å². The highest BCUT2D eigenvalue weighted by Crippen LogP contribution is 2.28. The highest BCUT2D eigenvalue weighted by Gasteiger charge is 2.19. The van der Waals surface area contributed by atoms with Crippen molar-refractivity contribution in [2.45, 2.75) is 19.4 Å². The van der Waals surface area contributed by atoms with Gasteiger partial charge in [0.1, 0.15) is 0 Å². The molecule has 2 heterocycles. The van der Waals surface area contributed by atoms with Crippen LogP contribution in [0, 0.1) is 6.92 Å². The lowest BCUT2D eigenvalue weighted by Crippen LogP contribution is -2.15. The number of carbonyl (C=O) groups excluding carboxylic acids is 1. The van der Waals surface area contributed by atoms with Crippen LogP contribution in [-0.4, -0.2) is 36.0 Å². The van der Waals surface area contributed by atoms with E-state index in [1.54, 1.807) is 54.7 Å². The summed E-state index contributed by atoms with van der Waals surface area (Å²) >= 11 is 1.53. The molecule has 0 saturated carbocycles. The van der Waals surface area contributed by atoms with Crippen LogP contribution < -0.4 is 10.0 Å². The fourth-order valence-corrected chi connectivity index (χ4v) is 4.48. The van der Waals surface area contributed by atoms with Crippen LogP contribution in [0.5, 0.6) is 0 Å². The molecule has 0 saturated heterocycles. The van der Waals surface area contributed by atoms with Crippen LogP contribution in [0.2, 0.25) is 0 Å². The van der Waals surface area contributed by atoms with Gasteiger partial charge in [-0.25, -0.2) is 14.8 Å². The average Bonchev–Trinajstić information content (AvgIpc) is 3.47. The molecule has 12 heteroatoms. The molecule has 0 amide bonds. The Balaban J connectivity index is 1.52. The van der Waals surface area contributed by atoms with E-state index in [4.69, 9.17) is 13.7 Å². The quantitative estimate of drug-likeness (QED) is 0.217. The third-order valence-electron chi connectivity index (χ3n) is 5.03. The van der Waals surface area contributed by atoms with Crippen LogP contribution in [0.4, 0.5) is 11.7 Å². The van der Waals surface area contributed by atoms with Gasteiger partial charge in [0, 0.05) is 10.9 Å². The van der Waals surface area contributed by atoms with Crippen LogP contribution >= 0.6 is 11.3 Å². The van der Waals surface area contributed by atoms with Gasteiger partial charge in [-0.3, -0.25) is 9.27 Å². The summed E-state index contributed by atoms with van der Waals surface area (Å²) in [5.74, 6) is 0.109. The second kappa shape index (κ2) is 10.3. The van der Waals surface area contributed by atoms with Gasteiger partial charge in [-0.15, -0.1) is 11.3 Å². The minimum atomic E-state index is -4.34. The van der Waals surface area contributed by atoms with Crippen LogP contribution in [0.1, 0.15) is 32.7 Å². The SMILES string of the molecule is COC(=O)c1ccc(-c2cnc(NC(Cc3ccc(NS(=O)(=O)O)cc3)c3csc(C)n3)o2)cc1. The number of esters is 1. The van der Waals surface area contributed by atoms with Crippen molar-refractivity contribution in [2.75, 3.05) is 17.1 Å². The lowest BCUT2D eigenvalue weighted by Gasteiger charge is -2.16. The predicted molar refractivity (Wildman–Crippen MR) is 132 cm³/mol. The van der Waals surface area contributed by atoms with Crippen molar-refractivity contribution in [3.05, 3.63) is 81.9 Å². The van der Waals surface area contributed by atoms with E-state index in [2.05, 4.69) is 15.3 Å². The number of aromatic nitrogens is 2. The van der Waals surface area contributed by atoms with Gasteiger partial charge in [0.05, 0.1) is 41.3 Å². The third kappa shape index (κ3) is 6.44. The molecule has 0 aliphatic heterocycles. The maximum atomic E-state index is 11.6. The van der Waals surface area contributed by atoms with E-state index < -0.39 is 16.3 Å². The monoisotopic (exact) mass is 514 g/mol. The fraction of sp³-hybridized carbons (Fsp3) is 0.174. The molecule has 10 nitrogen and oxygen atoms in total. The summed E-state index contributed by atoms with van der Waals surface area (Å²) in [5, 5.41) is 6.15. The van der Waals surface area contributed by atoms with Crippen LogP contribution in [-0.2, 0) is 21.5 Å². The summed E-state index contributed by atoms with van der Waals surface area (Å²) in [5.41, 5.74) is 3.15. The maximum absolute atomic E-state index is 11.6. The number of hydrogen-bond acceptors (Lipinski definition) is 9. The Morgan fingerprint density at radius 2 is 1.89 bits per heavy atom. The summed E-state index contributed by atoms with van der Waals surface area (Å²) in [6.45, 7) is 1.92. The highest BCUT2D eigenvalue weighted by atomic mass is 32.2. The van der Waals surface area contributed by atoms with Gasteiger partial charge >= 0.3 is 16.3 Å². The van der Waals surface area contributed by atoms with Crippen molar-refractivity contribution in [3.8, 4) is 11.3 Å². The predicted octanol–water partition coefficient (Wildman–Crippen LogP) is 4.50. The number of nitrogens with zero attached hydrogens (tertiary/aromatic N) is 2. The molecule has 1 atom stereocenters. The number of rotatable bonds is 9. The van der Waals surface area contributed by atoms with E-state index in [0.29, 0.717) is 23.8 Å². The van der Waals surface area contributed by atoms with E-state index in [-0.39, 0.29) is 11.7 Å². The van der Waals surface area contributed by atoms with Crippen molar-refractivity contribution in [3.63, 3.8) is 0 Å². The van der Waals surface area contributed by atoms with E-state index in [1.165, 1.54) is 18.4 Å². The molecule has 182 valence electrons. The molecular weight excluding hydrogens is 492 g/mol. The standard InChI is InChI=1S/C23H22N4O6S2/c1-14-25-20(13-34-14)19(11-15-3-9-18(10-4-15)27-35(29,30)31)26-23-24-12-21(33-23)16-5-7-17(8-6-16)22(28)32-2/h3-10,12-13,19,27H,11H2,1-2H3,(H,24,26)(H,29,30,31). The summed E-state index contributed by atoms with van der Waals surface area (Å²) in [4.78, 5) is 20.6. The number of hydrogen-bond donors (Lipinski definition) is 3. The zero-order chi connectivity index (χ0) is 25.0. The molecule has 3 N–H and O–H groups in total. The number of oxazole rings is 1. The molecule has 0 fully saturated rings. The molecule has 2 aromatic carbocycles. The van der Waals surface area contributed by atoms with Crippen molar-refractivity contribution in [2.24, 2.45) is 0 Å². The van der Waals surface area contributed by atoms with Crippen LogP contribution in [0.25, 0.3) is 11.3 Å². The van der Waals surface area contributed by atoms with Crippen LogP contribution in [0.15, 0.2) is 64.5 Å². The Hall–Kier alpha value is -3.74. The average molecular weight is 515 g/mol. The molecule has 2 aromatic heterocycles. The summed E-state index contributed by atoms with van der Waals surface area (Å²) in [7, 11) is -3.01. The molecular formula is C23H22N4O6S2. The number of thiazole rings is 1. The molecule has 0 aliphatic rings. The number of carbonyl (C=O) groups is 1. The minimum absolute atomic E-state index is 0.251. The lowest BCUT2D eigenvalue weighted by atomic mass is 10.0. The van der Waals surface area contributed by atoms with Gasteiger partial charge in [-0.05, 0) is 43.2 Å². The number of ether oxygens (including phenoxy) is 1. The Labute approximate surface area is 205 Å². The number of benzene rings is 2. The molecule has 0 bridgehead atoms. The summed E-state index contributed by atoms with van der Waals surface area (Å²) in [6, 6.07) is 13.5. The molecule has 4 aromatic rings. The van der Waals surface area contributed by atoms with Gasteiger partial charge in [0.25, 0.3) is 6.01 Å². The zero-order valence-electron chi connectivity index (χ0n) is 18.8. The van der Waals surface area contributed by atoms with Gasteiger partial charge in [-0.1, -0.05) is 24.3 Å². The topological polar surface area (TPSA) is 144 Å². The van der Waals surface area contributed by atoms with E-state index in [0.717, 1.165) is 21.8 Å². The number of aryl methyl sites for hydroxylation is 1. The molecule has 4 rings (SSSR count). The van der Waals surface area contributed by atoms with Gasteiger partial charge < -0.3 is 14.5 Å².